The highest BCUT2D eigenvalue weighted by Gasteiger charge is 2.08. The van der Waals surface area contributed by atoms with Crippen molar-refractivity contribution < 1.29 is 9.90 Å². The Morgan fingerprint density at radius 1 is 1.15 bits per heavy atom. The molecular formula is C18H20O2. The average Bonchev–Trinajstić information content (AvgIpc) is 2.46. The fourth-order valence-corrected chi connectivity index (χ4v) is 2.35. The summed E-state index contributed by atoms with van der Waals surface area (Å²) in [4.78, 5) is 11.0. The molecule has 2 rings (SSSR count). The number of carboxylic acids is 1. The van der Waals surface area contributed by atoms with E-state index in [4.69, 9.17) is 5.11 Å². The minimum absolute atomic E-state index is 0.336. The molecule has 0 aliphatic rings. The van der Waals surface area contributed by atoms with Gasteiger partial charge >= 0.3 is 5.97 Å². The van der Waals surface area contributed by atoms with Crippen LogP contribution in [0.2, 0.25) is 0 Å². The predicted molar refractivity (Wildman–Crippen MR) is 82.3 cm³/mol. The lowest BCUT2D eigenvalue weighted by Gasteiger charge is -2.11. The molecule has 1 unspecified atom stereocenters. The molecule has 1 atom stereocenters. The zero-order valence-electron chi connectivity index (χ0n) is 12.2. The third kappa shape index (κ3) is 2.90. The molecule has 1 N–H and O–H groups in total. The topological polar surface area (TPSA) is 37.3 Å². The van der Waals surface area contributed by atoms with Gasteiger partial charge in [0.15, 0.2) is 0 Å². The van der Waals surface area contributed by atoms with Crippen LogP contribution >= 0.6 is 0 Å². The highest BCUT2D eigenvalue weighted by molar-refractivity contribution is 5.89. The van der Waals surface area contributed by atoms with Crippen LogP contribution in [0.15, 0.2) is 42.5 Å². The third-order valence-corrected chi connectivity index (χ3v) is 3.88. The van der Waals surface area contributed by atoms with E-state index in [0.29, 0.717) is 11.5 Å². The molecule has 0 amide bonds. The molecule has 0 aliphatic heterocycles. The Hall–Kier alpha value is -2.09. The van der Waals surface area contributed by atoms with Crippen molar-refractivity contribution >= 4 is 5.97 Å². The molecule has 0 saturated carbocycles. The number of hydrogen-bond acceptors (Lipinski definition) is 1. The van der Waals surface area contributed by atoms with Gasteiger partial charge in [-0.2, -0.15) is 0 Å². The van der Waals surface area contributed by atoms with E-state index in [1.54, 1.807) is 12.1 Å². The van der Waals surface area contributed by atoms with Gasteiger partial charge in [0.25, 0.3) is 0 Å². The highest BCUT2D eigenvalue weighted by Crippen LogP contribution is 2.27. The SMILES string of the molecule is CCC(C)c1ccc(-c2ccc(C(=O)O)cc2C)cc1. The Labute approximate surface area is 120 Å². The summed E-state index contributed by atoms with van der Waals surface area (Å²) in [6.45, 7) is 6.36. The van der Waals surface area contributed by atoms with Gasteiger partial charge in [0, 0.05) is 0 Å². The Morgan fingerprint density at radius 2 is 1.80 bits per heavy atom. The van der Waals surface area contributed by atoms with E-state index < -0.39 is 5.97 Å². The zero-order valence-corrected chi connectivity index (χ0v) is 12.2. The maximum atomic E-state index is 11.0. The summed E-state index contributed by atoms with van der Waals surface area (Å²) in [6.07, 6.45) is 1.13. The Bertz CT molecular complexity index is 612. The summed E-state index contributed by atoms with van der Waals surface area (Å²) in [5.41, 5.74) is 4.89. The van der Waals surface area contributed by atoms with Crippen molar-refractivity contribution in [1.29, 1.82) is 0 Å². The predicted octanol–water partition coefficient (Wildman–Crippen LogP) is 4.87. The molecule has 0 fully saturated rings. The quantitative estimate of drug-likeness (QED) is 0.858. The summed E-state index contributed by atoms with van der Waals surface area (Å²) in [5, 5.41) is 9.00. The van der Waals surface area contributed by atoms with Gasteiger partial charge in [0.2, 0.25) is 0 Å². The molecule has 104 valence electrons. The highest BCUT2D eigenvalue weighted by atomic mass is 16.4. The largest absolute Gasteiger partial charge is 0.478 e. The minimum atomic E-state index is -0.883. The second-order valence-electron chi connectivity index (χ2n) is 5.27. The van der Waals surface area contributed by atoms with E-state index >= 15 is 0 Å². The van der Waals surface area contributed by atoms with Gasteiger partial charge < -0.3 is 5.11 Å². The van der Waals surface area contributed by atoms with Gasteiger partial charge in [-0.25, -0.2) is 4.79 Å². The first-order chi connectivity index (χ1) is 9.52. The van der Waals surface area contributed by atoms with Gasteiger partial charge in [-0.3, -0.25) is 0 Å². The van der Waals surface area contributed by atoms with Crippen molar-refractivity contribution in [3.8, 4) is 11.1 Å². The molecule has 2 nitrogen and oxygen atoms in total. The van der Waals surface area contributed by atoms with E-state index in [1.165, 1.54) is 5.56 Å². The van der Waals surface area contributed by atoms with E-state index in [2.05, 4.69) is 38.1 Å². The summed E-state index contributed by atoms with van der Waals surface area (Å²) in [6, 6.07) is 13.8. The number of aromatic carboxylic acids is 1. The number of hydrogen-bond donors (Lipinski definition) is 1. The van der Waals surface area contributed by atoms with Crippen LogP contribution in [0.3, 0.4) is 0 Å². The third-order valence-electron chi connectivity index (χ3n) is 3.88. The molecule has 0 spiro atoms. The lowest BCUT2D eigenvalue weighted by molar-refractivity contribution is 0.0697. The monoisotopic (exact) mass is 268 g/mol. The number of aryl methyl sites for hydroxylation is 1. The van der Waals surface area contributed by atoms with Crippen molar-refractivity contribution in [1.82, 2.24) is 0 Å². The molecule has 2 heteroatoms. The summed E-state index contributed by atoms with van der Waals surface area (Å²) >= 11 is 0. The number of rotatable bonds is 4. The fourth-order valence-electron chi connectivity index (χ4n) is 2.35. The first-order valence-corrected chi connectivity index (χ1v) is 6.97. The molecule has 0 heterocycles. The molecule has 0 bridgehead atoms. The van der Waals surface area contributed by atoms with Crippen LogP contribution in [0.5, 0.6) is 0 Å². The molecule has 2 aromatic rings. The van der Waals surface area contributed by atoms with Crippen LogP contribution in [0.1, 0.15) is 47.7 Å². The van der Waals surface area contributed by atoms with Gasteiger partial charge in [0.1, 0.15) is 0 Å². The van der Waals surface area contributed by atoms with Crippen LogP contribution in [0.25, 0.3) is 11.1 Å². The first kappa shape index (κ1) is 14.3. The molecule has 20 heavy (non-hydrogen) atoms. The molecular weight excluding hydrogens is 248 g/mol. The van der Waals surface area contributed by atoms with Crippen LogP contribution in [0, 0.1) is 6.92 Å². The first-order valence-electron chi connectivity index (χ1n) is 6.97. The number of carboxylic acid groups (broad SMARTS) is 1. The van der Waals surface area contributed by atoms with E-state index in [-0.39, 0.29) is 0 Å². The Balaban J connectivity index is 2.34. The van der Waals surface area contributed by atoms with Gasteiger partial charge in [-0.15, -0.1) is 0 Å². The normalized spacial score (nSPS) is 12.2. The number of benzene rings is 2. The standard InChI is InChI=1S/C18H20O2/c1-4-12(2)14-5-7-15(8-6-14)17-10-9-16(18(19)20)11-13(17)3/h5-12H,4H2,1-3H3,(H,19,20). The smallest absolute Gasteiger partial charge is 0.335 e. The van der Waals surface area contributed by atoms with Crippen molar-refractivity contribution in [2.75, 3.05) is 0 Å². The average molecular weight is 268 g/mol. The lowest BCUT2D eigenvalue weighted by atomic mass is 9.94. The van der Waals surface area contributed by atoms with Gasteiger partial charge in [0.05, 0.1) is 5.56 Å². The van der Waals surface area contributed by atoms with Crippen molar-refractivity contribution in [2.45, 2.75) is 33.1 Å². The molecule has 0 radical (unpaired) electrons. The maximum absolute atomic E-state index is 11.0. The second kappa shape index (κ2) is 5.91. The van der Waals surface area contributed by atoms with Gasteiger partial charge in [-0.1, -0.05) is 44.2 Å². The van der Waals surface area contributed by atoms with Crippen LogP contribution in [0.4, 0.5) is 0 Å². The summed E-state index contributed by atoms with van der Waals surface area (Å²) < 4.78 is 0. The van der Waals surface area contributed by atoms with Crippen LogP contribution in [-0.2, 0) is 0 Å². The van der Waals surface area contributed by atoms with E-state index in [0.717, 1.165) is 23.1 Å². The van der Waals surface area contributed by atoms with E-state index in [1.807, 2.05) is 13.0 Å². The van der Waals surface area contributed by atoms with Crippen molar-refractivity contribution in [3.63, 3.8) is 0 Å². The summed E-state index contributed by atoms with van der Waals surface area (Å²) in [5.74, 6) is -0.314. The Kier molecular flexibility index (Phi) is 4.23. The fraction of sp³-hybridized carbons (Fsp3) is 0.278. The van der Waals surface area contributed by atoms with Gasteiger partial charge in [-0.05, 0) is 53.6 Å². The lowest BCUT2D eigenvalue weighted by Crippen LogP contribution is -1.97. The molecule has 0 aromatic heterocycles. The second-order valence-corrected chi connectivity index (χ2v) is 5.27. The number of carbonyl (C=O) groups is 1. The molecule has 0 aliphatic carbocycles. The minimum Gasteiger partial charge on any atom is -0.478 e. The molecule has 0 saturated heterocycles. The molecule has 2 aromatic carbocycles. The van der Waals surface area contributed by atoms with Crippen molar-refractivity contribution in [3.05, 3.63) is 59.2 Å². The van der Waals surface area contributed by atoms with Crippen molar-refractivity contribution in [2.24, 2.45) is 0 Å². The summed E-state index contributed by atoms with van der Waals surface area (Å²) in [7, 11) is 0. The Morgan fingerprint density at radius 3 is 2.30 bits per heavy atom. The zero-order chi connectivity index (χ0) is 14.7. The van der Waals surface area contributed by atoms with E-state index in [9.17, 15) is 4.79 Å². The van der Waals surface area contributed by atoms with Crippen LogP contribution < -0.4 is 0 Å². The maximum Gasteiger partial charge on any atom is 0.335 e. The van der Waals surface area contributed by atoms with Crippen LogP contribution in [-0.4, -0.2) is 11.1 Å².